The summed E-state index contributed by atoms with van der Waals surface area (Å²) < 4.78 is 11.1. The van der Waals surface area contributed by atoms with Crippen molar-refractivity contribution in [2.24, 2.45) is 17.8 Å². The minimum atomic E-state index is -0.0363. The van der Waals surface area contributed by atoms with Crippen LogP contribution in [0.1, 0.15) is 61.2 Å². The van der Waals surface area contributed by atoms with E-state index in [-0.39, 0.29) is 30.6 Å². The standard InChI is InChI=1S/C27H34N2O4S/c1-18-5-3-6-22(19(18)2)29(16-20-8-9-23-24(15-20)33-17-32-23)26(30)21-10-12-28(13-11-21)27(31)25-7-4-14-34-25/h4,7-9,14-15,18-19,21-22H,3,5-6,10-13,16-17H2,1-2H3/t18-,19-,22+/m1/s1. The van der Waals surface area contributed by atoms with Gasteiger partial charge in [-0.3, -0.25) is 9.59 Å². The van der Waals surface area contributed by atoms with Gasteiger partial charge in [0.25, 0.3) is 5.91 Å². The van der Waals surface area contributed by atoms with E-state index in [4.69, 9.17) is 9.47 Å². The van der Waals surface area contributed by atoms with E-state index < -0.39 is 0 Å². The summed E-state index contributed by atoms with van der Waals surface area (Å²) in [4.78, 5) is 31.5. The van der Waals surface area contributed by atoms with Gasteiger partial charge in [-0.15, -0.1) is 11.3 Å². The average molecular weight is 483 g/mol. The topological polar surface area (TPSA) is 59.1 Å². The molecule has 1 aliphatic carbocycles. The first-order valence-electron chi connectivity index (χ1n) is 12.5. The molecule has 1 aromatic carbocycles. The van der Waals surface area contributed by atoms with Crippen molar-refractivity contribution in [3.05, 3.63) is 46.2 Å². The highest BCUT2D eigenvalue weighted by Crippen LogP contribution is 2.37. The van der Waals surface area contributed by atoms with Crippen LogP contribution in [-0.4, -0.2) is 47.5 Å². The number of ether oxygens (including phenoxy) is 2. The number of carbonyl (C=O) groups excluding carboxylic acids is 2. The normalized spacial score (nSPS) is 24.8. The number of likely N-dealkylation sites (tertiary alicyclic amines) is 1. The molecule has 1 saturated heterocycles. The summed E-state index contributed by atoms with van der Waals surface area (Å²) in [5.41, 5.74) is 1.08. The van der Waals surface area contributed by atoms with Crippen LogP contribution in [0.5, 0.6) is 11.5 Å². The Balaban J connectivity index is 1.31. The molecular weight excluding hydrogens is 448 g/mol. The molecule has 3 heterocycles. The second-order valence-electron chi connectivity index (χ2n) is 10.0. The number of piperidine rings is 1. The zero-order chi connectivity index (χ0) is 23.7. The van der Waals surface area contributed by atoms with Gasteiger partial charge in [-0.1, -0.05) is 38.8 Å². The minimum absolute atomic E-state index is 0.0363. The molecule has 1 saturated carbocycles. The lowest BCUT2D eigenvalue weighted by Crippen LogP contribution is -2.51. The van der Waals surface area contributed by atoms with Gasteiger partial charge in [-0.05, 0) is 60.2 Å². The highest BCUT2D eigenvalue weighted by Gasteiger charge is 2.38. The van der Waals surface area contributed by atoms with Gasteiger partial charge in [0, 0.05) is 31.6 Å². The SMILES string of the molecule is C[C@@H]1[C@H](C)CCC[C@@H]1N(Cc1ccc2c(c1)OCO2)C(=O)C1CCN(C(=O)c2cccs2)CC1. The monoisotopic (exact) mass is 482 g/mol. The Hall–Kier alpha value is -2.54. The molecule has 7 heteroatoms. The number of benzene rings is 1. The lowest BCUT2D eigenvalue weighted by molar-refractivity contribution is -0.142. The van der Waals surface area contributed by atoms with E-state index in [1.165, 1.54) is 17.8 Å². The van der Waals surface area contributed by atoms with E-state index in [2.05, 4.69) is 18.7 Å². The van der Waals surface area contributed by atoms with Crippen molar-refractivity contribution in [2.75, 3.05) is 19.9 Å². The third-order valence-electron chi connectivity index (χ3n) is 8.00. The zero-order valence-electron chi connectivity index (χ0n) is 20.1. The number of fused-ring (bicyclic) bond motifs is 1. The second-order valence-corrected chi connectivity index (χ2v) is 11.0. The summed E-state index contributed by atoms with van der Waals surface area (Å²) in [6.07, 6.45) is 4.90. The van der Waals surface area contributed by atoms with Gasteiger partial charge in [0.15, 0.2) is 11.5 Å². The number of rotatable bonds is 5. The highest BCUT2D eigenvalue weighted by atomic mass is 32.1. The van der Waals surface area contributed by atoms with Crippen LogP contribution < -0.4 is 9.47 Å². The second kappa shape index (κ2) is 9.98. The third-order valence-corrected chi connectivity index (χ3v) is 8.86. The fourth-order valence-electron chi connectivity index (χ4n) is 5.71. The molecule has 34 heavy (non-hydrogen) atoms. The van der Waals surface area contributed by atoms with Crippen molar-refractivity contribution in [2.45, 2.75) is 58.5 Å². The van der Waals surface area contributed by atoms with Crippen molar-refractivity contribution in [1.82, 2.24) is 9.80 Å². The van der Waals surface area contributed by atoms with E-state index >= 15 is 0 Å². The van der Waals surface area contributed by atoms with Gasteiger partial charge < -0.3 is 19.3 Å². The molecular formula is C27H34N2O4S. The Labute approximate surface area is 205 Å². The number of amides is 2. The summed E-state index contributed by atoms with van der Waals surface area (Å²) in [5.74, 6) is 2.90. The summed E-state index contributed by atoms with van der Waals surface area (Å²) in [6, 6.07) is 10.0. The van der Waals surface area contributed by atoms with Crippen LogP contribution in [0.3, 0.4) is 0 Å². The maximum absolute atomic E-state index is 14.0. The summed E-state index contributed by atoms with van der Waals surface area (Å²) in [7, 11) is 0. The Morgan fingerprint density at radius 1 is 1.06 bits per heavy atom. The van der Waals surface area contributed by atoms with Crippen molar-refractivity contribution >= 4 is 23.2 Å². The van der Waals surface area contributed by atoms with E-state index in [1.807, 2.05) is 40.6 Å². The third kappa shape index (κ3) is 4.67. The Morgan fingerprint density at radius 3 is 2.62 bits per heavy atom. The highest BCUT2D eigenvalue weighted by molar-refractivity contribution is 7.12. The van der Waals surface area contributed by atoms with Crippen LogP contribution in [0.4, 0.5) is 0 Å². The molecule has 3 atom stereocenters. The van der Waals surface area contributed by atoms with Gasteiger partial charge in [-0.2, -0.15) is 0 Å². The lowest BCUT2D eigenvalue weighted by atomic mass is 9.76. The van der Waals surface area contributed by atoms with E-state index in [9.17, 15) is 9.59 Å². The molecule has 0 N–H and O–H groups in total. The molecule has 0 radical (unpaired) electrons. The predicted octanol–water partition coefficient (Wildman–Crippen LogP) is 5.18. The number of nitrogens with zero attached hydrogens (tertiary/aromatic N) is 2. The van der Waals surface area contributed by atoms with Gasteiger partial charge in [0.2, 0.25) is 12.7 Å². The molecule has 5 rings (SSSR count). The maximum Gasteiger partial charge on any atom is 0.263 e. The first-order chi connectivity index (χ1) is 16.5. The Morgan fingerprint density at radius 2 is 1.85 bits per heavy atom. The Kier molecular flexibility index (Phi) is 6.82. The Bertz CT molecular complexity index is 1020. The fraction of sp³-hybridized carbons (Fsp3) is 0.556. The van der Waals surface area contributed by atoms with Crippen molar-refractivity contribution < 1.29 is 19.1 Å². The van der Waals surface area contributed by atoms with E-state index in [0.29, 0.717) is 31.5 Å². The molecule has 0 spiro atoms. The van der Waals surface area contributed by atoms with Gasteiger partial charge in [0.05, 0.1) is 4.88 Å². The van der Waals surface area contributed by atoms with Gasteiger partial charge in [-0.25, -0.2) is 0 Å². The van der Waals surface area contributed by atoms with Gasteiger partial charge in [0.1, 0.15) is 0 Å². The first-order valence-corrected chi connectivity index (χ1v) is 13.4. The van der Waals surface area contributed by atoms with Crippen LogP contribution in [-0.2, 0) is 11.3 Å². The largest absolute Gasteiger partial charge is 0.454 e. The maximum atomic E-state index is 14.0. The van der Waals surface area contributed by atoms with Crippen molar-refractivity contribution in [1.29, 1.82) is 0 Å². The first kappa shape index (κ1) is 23.2. The van der Waals surface area contributed by atoms with Crippen LogP contribution in [0, 0.1) is 17.8 Å². The molecule has 6 nitrogen and oxygen atoms in total. The van der Waals surface area contributed by atoms with Crippen LogP contribution in [0.25, 0.3) is 0 Å². The number of hydrogen-bond donors (Lipinski definition) is 0. The van der Waals surface area contributed by atoms with Crippen LogP contribution in [0.15, 0.2) is 35.7 Å². The van der Waals surface area contributed by atoms with Crippen molar-refractivity contribution in [3.63, 3.8) is 0 Å². The predicted molar refractivity (Wildman–Crippen MR) is 132 cm³/mol. The fourth-order valence-corrected chi connectivity index (χ4v) is 6.40. The molecule has 3 aliphatic rings. The van der Waals surface area contributed by atoms with Gasteiger partial charge >= 0.3 is 0 Å². The minimum Gasteiger partial charge on any atom is -0.454 e. The van der Waals surface area contributed by atoms with Crippen LogP contribution >= 0.6 is 11.3 Å². The van der Waals surface area contributed by atoms with E-state index in [0.717, 1.165) is 47.6 Å². The zero-order valence-corrected chi connectivity index (χ0v) is 20.9. The molecule has 2 amide bonds. The lowest BCUT2D eigenvalue weighted by Gasteiger charge is -2.44. The number of hydrogen-bond acceptors (Lipinski definition) is 5. The van der Waals surface area contributed by atoms with Crippen molar-refractivity contribution in [3.8, 4) is 11.5 Å². The smallest absolute Gasteiger partial charge is 0.263 e. The summed E-state index contributed by atoms with van der Waals surface area (Å²) >= 11 is 1.48. The molecule has 0 bridgehead atoms. The summed E-state index contributed by atoms with van der Waals surface area (Å²) in [6.45, 7) is 6.74. The average Bonchev–Trinajstić information content (AvgIpc) is 3.56. The van der Waals surface area contributed by atoms with E-state index in [1.54, 1.807) is 0 Å². The van der Waals surface area contributed by atoms with Crippen LogP contribution in [0.2, 0.25) is 0 Å². The number of thiophene rings is 1. The molecule has 2 fully saturated rings. The quantitative estimate of drug-likeness (QED) is 0.589. The molecule has 2 aromatic rings. The molecule has 1 aromatic heterocycles. The molecule has 2 aliphatic heterocycles. The molecule has 0 unspecified atom stereocenters. The number of carbonyl (C=O) groups is 2. The molecule has 182 valence electrons. The summed E-state index contributed by atoms with van der Waals surface area (Å²) in [5, 5.41) is 1.93.